The lowest BCUT2D eigenvalue weighted by molar-refractivity contribution is 0.428. The van der Waals surface area contributed by atoms with Crippen LogP contribution in [0.1, 0.15) is 38.6 Å². The van der Waals surface area contributed by atoms with Gasteiger partial charge in [-0.2, -0.15) is 0 Å². The lowest BCUT2D eigenvalue weighted by atomic mass is 10.0. The van der Waals surface area contributed by atoms with Crippen LogP contribution < -0.4 is 5.32 Å². The summed E-state index contributed by atoms with van der Waals surface area (Å²) in [5.41, 5.74) is 2.43. The summed E-state index contributed by atoms with van der Waals surface area (Å²) in [5, 5.41) is 3.61. The average molecular weight is 215 g/mol. The summed E-state index contributed by atoms with van der Waals surface area (Å²) < 4.78 is 0. The summed E-state index contributed by atoms with van der Waals surface area (Å²) >= 11 is 0. The van der Waals surface area contributed by atoms with E-state index in [0.29, 0.717) is 6.04 Å². The Kier molecular flexibility index (Phi) is 2.04. The van der Waals surface area contributed by atoms with Gasteiger partial charge in [0, 0.05) is 5.54 Å². The van der Waals surface area contributed by atoms with E-state index in [1.807, 2.05) is 12.1 Å². The van der Waals surface area contributed by atoms with Crippen LogP contribution in [0.25, 0.3) is 11.0 Å². The van der Waals surface area contributed by atoms with E-state index in [1.165, 1.54) is 6.42 Å². The normalized spacial score (nSPS) is 24.0. The van der Waals surface area contributed by atoms with Crippen LogP contribution >= 0.6 is 0 Å². The molecule has 16 heavy (non-hydrogen) atoms. The lowest BCUT2D eigenvalue weighted by Crippen LogP contribution is -2.33. The van der Waals surface area contributed by atoms with Gasteiger partial charge in [0.25, 0.3) is 0 Å². The molecule has 0 bridgehead atoms. The highest BCUT2D eigenvalue weighted by molar-refractivity contribution is 5.74. The van der Waals surface area contributed by atoms with Gasteiger partial charge in [0.2, 0.25) is 0 Å². The van der Waals surface area contributed by atoms with Gasteiger partial charge in [-0.1, -0.05) is 12.1 Å². The summed E-state index contributed by atoms with van der Waals surface area (Å²) in [5.74, 6) is 1.08. The van der Waals surface area contributed by atoms with Gasteiger partial charge in [-0.15, -0.1) is 0 Å². The van der Waals surface area contributed by atoms with Crippen LogP contribution in [0.4, 0.5) is 0 Å². The largest absolute Gasteiger partial charge is 0.341 e. The van der Waals surface area contributed by atoms with Crippen LogP contribution in [0, 0.1) is 0 Å². The third-order valence-corrected chi connectivity index (χ3v) is 3.36. The van der Waals surface area contributed by atoms with Crippen molar-refractivity contribution in [3.63, 3.8) is 0 Å². The fourth-order valence-corrected chi connectivity index (χ4v) is 2.46. The SMILES string of the molecule is CC1(C)CC[C@@H](c2nc3ccccc3[nH]2)N1. The molecule has 84 valence electrons. The summed E-state index contributed by atoms with van der Waals surface area (Å²) in [7, 11) is 0. The Bertz CT molecular complexity index is 480. The molecule has 1 saturated heterocycles. The zero-order valence-corrected chi connectivity index (χ0v) is 9.75. The maximum Gasteiger partial charge on any atom is 0.124 e. The van der Waals surface area contributed by atoms with E-state index in [9.17, 15) is 0 Å². The van der Waals surface area contributed by atoms with Gasteiger partial charge in [-0.05, 0) is 38.8 Å². The van der Waals surface area contributed by atoms with E-state index in [-0.39, 0.29) is 5.54 Å². The smallest absolute Gasteiger partial charge is 0.124 e. The highest BCUT2D eigenvalue weighted by Crippen LogP contribution is 2.31. The molecule has 2 aromatic rings. The molecule has 3 heteroatoms. The fourth-order valence-electron chi connectivity index (χ4n) is 2.46. The van der Waals surface area contributed by atoms with Crippen molar-refractivity contribution in [2.75, 3.05) is 0 Å². The minimum Gasteiger partial charge on any atom is -0.341 e. The molecule has 1 fully saturated rings. The van der Waals surface area contributed by atoms with Gasteiger partial charge in [0.05, 0.1) is 17.1 Å². The van der Waals surface area contributed by atoms with Crippen LogP contribution in [0.2, 0.25) is 0 Å². The first-order valence-corrected chi connectivity index (χ1v) is 5.86. The first-order valence-electron chi connectivity index (χ1n) is 5.86. The van der Waals surface area contributed by atoms with Crippen LogP contribution in [-0.2, 0) is 0 Å². The van der Waals surface area contributed by atoms with E-state index >= 15 is 0 Å². The van der Waals surface area contributed by atoms with Gasteiger partial charge < -0.3 is 10.3 Å². The molecule has 1 aliphatic rings. The highest BCUT2D eigenvalue weighted by Gasteiger charge is 2.32. The zero-order valence-electron chi connectivity index (χ0n) is 9.75. The van der Waals surface area contributed by atoms with E-state index in [1.54, 1.807) is 0 Å². The van der Waals surface area contributed by atoms with Crippen molar-refractivity contribution in [1.82, 2.24) is 15.3 Å². The second kappa shape index (κ2) is 3.32. The van der Waals surface area contributed by atoms with Crippen molar-refractivity contribution in [3.05, 3.63) is 30.1 Å². The number of nitrogens with one attached hydrogen (secondary N) is 2. The number of imidazole rings is 1. The Labute approximate surface area is 95.3 Å². The van der Waals surface area contributed by atoms with E-state index in [4.69, 9.17) is 0 Å². The van der Waals surface area contributed by atoms with Crippen LogP contribution in [0.3, 0.4) is 0 Å². The Morgan fingerprint density at radius 2 is 2.12 bits per heavy atom. The summed E-state index contributed by atoms with van der Waals surface area (Å²) in [6.45, 7) is 4.49. The fraction of sp³-hybridized carbons (Fsp3) is 0.462. The molecule has 0 saturated carbocycles. The minimum absolute atomic E-state index is 0.240. The van der Waals surface area contributed by atoms with Crippen molar-refractivity contribution < 1.29 is 0 Å². The van der Waals surface area contributed by atoms with Crippen molar-refractivity contribution in [3.8, 4) is 0 Å². The molecule has 3 rings (SSSR count). The zero-order chi connectivity index (χ0) is 11.2. The van der Waals surface area contributed by atoms with Crippen molar-refractivity contribution in [2.24, 2.45) is 0 Å². The number of H-pyrrole nitrogens is 1. The second-order valence-electron chi connectivity index (χ2n) is 5.26. The number of para-hydroxylation sites is 2. The molecule has 0 unspecified atom stereocenters. The molecule has 1 aromatic carbocycles. The van der Waals surface area contributed by atoms with Crippen LogP contribution in [0.15, 0.2) is 24.3 Å². The van der Waals surface area contributed by atoms with Crippen LogP contribution in [0.5, 0.6) is 0 Å². The van der Waals surface area contributed by atoms with E-state index in [2.05, 4.69) is 41.3 Å². The predicted molar refractivity (Wildman–Crippen MR) is 65.3 cm³/mol. The summed E-state index contributed by atoms with van der Waals surface area (Å²) in [6, 6.07) is 8.57. The molecule has 0 amide bonds. The monoisotopic (exact) mass is 215 g/mol. The average Bonchev–Trinajstić information content (AvgIpc) is 2.80. The topological polar surface area (TPSA) is 40.7 Å². The molecule has 3 nitrogen and oxygen atoms in total. The molecular weight excluding hydrogens is 198 g/mol. The van der Waals surface area contributed by atoms with Gasteiger partial charge in [-0.25, -0.2) is 4.98 Å². The molecule has 0 aliphatic carbocycles. The summed E-state index contributed by atoms with van der Waals surface area (Å²) in [6.07, 6.45) is 2.36. The predicted octanol–water partition coefficient (Wildman–Crippen LogP) is 2.77. The number of hydrogen-bond donors (Lipinski definition) is 2. The van der Waals surface area contributed by atoms with Crippen molar-refractivity contribution >= 4 is 11.0 Å². The molecule has 0 radical (unpaired) electrons. The Morgan fingerprint density at radius 3 is 2.81 bits per heavy atom. The summed E-state index contributed by atoms with van der Waals surface area (Å²) in [4.78, 5) is 8.04. The van der Waals surface area contributed by atoms with Gasteiger partial charge >= 0.3 is 0 Å². The number of hydrogen-bond acceptors (Lipinski definition) is 2. The lowest BCUT2D eigenvalue weighted by Gasteiger charge is -2.18. The number of benzene rings is 1. The van der Waals surface area contributed by atoms with E-state index < -0.39 is 0 Å². The number of nitrogens with zero attached hydrogens (tertiary/aromatic N) is 1. The number of fused-ring (bicyclic) bond motifs is 1. The standard InChI is InChI=1S/C13H17N3/c1-13(2)8-7-11(16-13)12-14-9-5-3-4-6-10(9)15-12/h3-6,11,16H,7-8H2,1-2H3,(H,14,15)/t11-/m0/s1. The molecule has 1 atom stereocenters. The quantitative estimate of drug-likeness (QED) is 0.768. The maximum absolute atomic E-state index is 4.64. The second-order valence-corrected chi connectivity index (χ2v) is 5.26. The first-order chi connectivity index (χ1) is 7.64. The maximum atomic E-state index is 4.64. The van der Waals surface area contributed by atoms with E-state index in [0.717, 1.165) is 23.3 Å². The third kappa shape index (κ3) is 1.61. The van der Waals surface area contributed by atoms with Gasteiger partial charge in [-0.3, -0.25) is 0 Å². The number of rotatable bonds is 1. The molecule has 0 spiro atoms. The minimum atomic E-state index is 0.240. The Hall–Kier alpha value is -1.35. The van der Waals surface area contributed by atoms with Crippen molar-refractivity contribution in [1.29, 1.82) is 0 Å². The Morgan fingerprint density at radius 1 is 1.31 bits per heavy atom. The molecule has 1 aliphatic heterocycles. The first kappa shape index (κ1) is 9.85. The molecule has 1 aromatic heterocycles. The number of aromatic amines is 1. The highest BCUT2D eigenvalue weighted by atomic mass is 15.1. The van der Waals surface area contributed by atoms with Gasteiger partial charge in [0.15, 0.2) is 0 Å². The molecular formula is C13H17N3. The molecule has 2 heterocycles. The third-order valence-electron chi connectivity index (χ3n) is 3.36. The van der Waals surface area contributed by atoms with Crippen LogP contribution in [-0.4, -0.2) is 15.5 Å². The van der Waals surface area contributed by atoms with Crippen molar-refractivity contribution in [2.45, 2.75) is 38.3 Å². The molecule has 2 N–H and O–H groups in total. The Balaban J connectivity index is 1.95. The van der Waals surface area contributed by atoms with Gasteiger partial charge in [0.1, 0.15) is 5.82 Å². The number of aromatic nitrogens is 2.